The van der Waals surface area contributed by atoms with Crippen LogP contribution in [0.3, 0.4) is 0 Å². The molecule has 0 unspecified atom stereocenters. The standard InChI is InChI=1S/C32H36F3N7O3/c1-4-21-17-22(45-27-10-11-28(32(33,34)35)39-25(27)18-36)13-16-42(21)26-9-8-24(23-7-6-14-37-31(23)44-5-2)40-29(26)30(43)38-20-12-15-41(3)19-20/h6-11,14,20-22H,4-5,12-13,15-17,19H2,1-3H3,(H,38,43)/t20-,21-,22-/m1/s1. The average molecular weight is 624 g/mol. The molecule has 0 bridgehead atoms. The van der Waals surface area contributed by atoms with Gasteiger partial charge < -0.3 is 24.6 Å². The number of halogens is 3. The van der Waals surface area contributed by atoms with Gasteiger partial charge in [-0.3, -0.25) is 4.79 Å². The van der Waals surface area contributed by atoms with E-state index >= 15 is 0 Å². The Morgan fingerprint density at radius 3 is 2.64 bits per heavy atom. The molecule has 0 saturated carbocycles. The van der Waals surface area contributed by atoms with Crippen LogP contribution in [-0.4, -0.2) is 77.2 Å². The van der Waals surface area contributed by atoms with Gasteiger partial charge in [0.1, 0.15) is 17.9 Å². The summed E-state index contributed by atoms with van der Waals surface area (Å²) in [5.74, 6) is 0.188. The van der Waals surface area contributed by atoms with Crippen LogP contribution >= 0.6 is 0 Å². The fourth-order valence-corrected chi connectivity index (χ4v) is 5.93. The van der Waals surface area contributed by atoms with Crippen LogP contribution in [0.4, 0.5) is 18.9 Å². The molecule has 3 atom stereocenters. The van der Waals surface area contributed by atoms with E-state index in [0.717, 1.165) is 31.6 Å². The van der Waals surface area contributed by atoms with Crippen LogP contribution in [0, 0.1) is 11.3 Å². The number of hydrogen-bond donors (Lipinski definition) is 1. The number of likely N-dealkylation sites (tertiary alicyclic amines) is 1. The van der Waals surface area contributed by atoms with E-state index in [0.29, 0.717) is 60.9 Å². The zero-order valence-electron chi connectivity index (χ0n) is 25.5. The molecule has 2 aliphatic heterocycles. The molecule has 45 heavy (non-hydrogen) atoms. The molecule has 2 saturated heterocycles. The number of alkyl halides is 3. The Morgan fingerprint density at radius 1 is 1.13 bits per heavy atom. The van der Waals surface area contributed by atoms with E-state index in [2.05, 4.69) is 25.1 Å². The molecule has 2 fully saturated rings. The van der Waals surface area contributed by atoms with Gasteiger partial charge in [0.2, 0.25) is 5.88 Å². The summed E-state index contributed by atoms with van der Waals surface area (Å²) in [5.41, 5.74) is 0.678. The van der Waals surface area contributed by atoms with Crippen molar-refractivity contribution in [2.45, 2.75) is 63.9 Å². The number of carbonyl (C=O) groups excluding carboxylic acids is 1. The van der Waals surface area contributed by atoms with Gasteiger partial charge in [0, 0.05) is 44.2 Å². The molecular formula is C32H36F3N7O3. The first-order valence-electron chi connectivity index (χ1n) is 15.1. The van der Waals surface area contributed by atoms with Crippen molar-refractivity contribution in [2.24, 2.45) is 0 Å². The summed E-state index contributed by atoms with van der Waals surface area (Å²) >= 11 is 0. The minimum atomic E-state index is -4.66. The highest BCUT2D eigenvalue weighted by molar-refractivity contribution is 5.99. The summed E-state index contributed by atoms with van der Waals surface area (Å²) in [6.45, 7) is 6.48. The van der Waals surface area contributed by atoms with Crippen molar-refractivity contribution in [2.75, 3.05) is 38.2 Å². The number of aromatic nitrogens is 3. The summed E-state index contributed by atoms with van der Waals surface area (Å²) in [6.07, 6.45) is -0.788. The molecule has 238 valence electrons. The largest absolute Gasteiger partial charge is 0.487 e. The molecule has 3 aromatic rings. The van der Waals surface area contributed by atoms with Crippen LogP contribution in [0.15, 0.2) is 42.6 Å². The van der Waals surface area contributed by atoms with E-state index in [4.69, 9.17) is 14.5 Å². The van der Waals surface area contributed by atoms with Gasteiger partial charge in [-0.1, -0.05) is 6.92 Å². The number of nitriles is 1. The number of nitrogens with one attached hydrogen (secondary N) is 1. The van der Waals surface area contributed by atoms with E-state index in [9.17, 15) is 23.2 Å². The quantitative estimate of drug-likeness (QED) is 0.348. The van der Waals surface area contributed by atoms with E-state index in [1.54, 1.807) is 18.3 Å². The van der Waals surface area contributed by atoms with E-state index in [-0.39, 0.29) is 29.8 Å². The normalized spacial score (nSPS) is 20.5. The number of carbonyl (C=O) groups is 1. The molecule has 5 rings (SSSR count). The maximum absolute atomic E-state index is 13.8. The molecule has 0 radical (unpaired) electrons. The predicted octanol–water partition coefficient (Wildman–Crippen LogP) is 5.09. The summed E-state index contributed by atoms with van der Waals surface area (Å²) in [6, 6.07) is 11.1. The minimum Gasteiger partial charge on any atom is -0.487 e. The van der Waals surface area contributed by atoms with Gasteiger partial charge in [-0.2, -0.15) is 18.4 Å². The van der Waals surface area contributed by atoms with E-state index in [1.165, 1.54) is 0 Å². The number of ether oxygens (including phenoxy) is 2. The highest BCUT2D eigenvalue weighted by atomic mass is 19.4. The fraction of sp³-hybridized carbons (Fsp3) is 0.469. The second-order valence-corrected chi connectivity index (χ2v) is 11.2. The van der Waals surface area contributed by atoms with Gasteiger partial charge in [-0.15, -0.1) is 0 Å². The summed E-state index contributed by atoms with van der Waals surface area (Å²) in [7, 11) is 2.02. The second-order valence-electron chi connectivity index (χ2n) is 11.2. The second kappa shape index (κ2) is 13.7. The van der Waals surface area contributed by atoms with Gasteiger partial charge in [0.25, 0.3) is 5.91 Å². The van der Waals surface area contributed by atoms with Gasteiger partial charge in [-0.05, 0) is 69.8 Å². The molecule has 0 spiro atoms. The van der Waals surface area contributed by atoms with Crippen molar-refractivity contribution in [1.82, 2.24) is 25.2 Å². The lowest BCUT2D eigenvalue weighted by Gasteiger charge is -2.41. The Labute approximate surface area is 260 Å². The number of piperidine rings is 1. The van der Waals surface area contributed by atoms with Crippen LogP contribution < -0.4 is 19.7 Å². The van der Waals surface area contributed by atoms with Crippen molar-refractivity contribution in [3.63, 3.8) is 0 Å². The molecule has 2 aliphatic rings. The van der Waals surface area contributed by atoms with Gasteiger partial charge >= 0.3 is 6.18 Å². The minimum absolute atomic E-state index is 0.00552. The molecule has 0 aromatic carbocycles. The zero-order valence-corrected chi connectivity index (χ0v) is 25.5. The first-order chi connectivity index (χ1) is 21.6. The summed E-state index contributed by atoms with van der Waals surface area (Å²) in [5, 5.41) is 12.6. The Hall–Kier alpha value is -4.44. The van der Waals surface area contributed by atoms with Crippen molar-refractivity contribution in [3.8, 4) is 29.0 Å². The third-order valence-electron chi connectivity index (χ3n) is 8.14. The Kier molecular flexibility index (Phi) is 9.72. The Morgan fingerprint density at radius 2 is 1.96 bits per heavy atom. The van der Waals surface area contributed by atoms with Crippen molar-refractivity contribution < 1.29 is 27.4 Å². The van der Waals surface area contributed by atoms with Gasteiger partial charge in [0.15, 0.2) is 17.1 Å². The zero-order chi connectivity index (χ0) is 32.1. The first kappa shape index (κ1) is 32.0. The number of hydrogen-bond acceptors (Lipinski definition) is 9. The highest BCUT2D eigenvalue weighted by Gasteiger charge is 2.35. The van der Waals surface area contributed by atoms with Crippen LogP contribution in [0.2, 0.25) is 0 Å². The van der Waals surface area contributed by atoms with E-state index < -0.39 is 17.6 Å². The maximum Gasteiger partial charge on any atom is 0.433 e. The van der Waals surface area contributed by atoms with Crippen LogP contribution in [-0.2, 0) is 6.18 Å². The van der Waals surface area contributed by atoms with Crippen molar-refractivity contribution >= 4 is 11.6 Å². The summed E-state index contributed by atoms with van der Waals surface area (Å²) in [4.78, 5) is 30.8. The predicted molar refractivity (Wildman–Crippen MR) is 161 cm³/mol. The van der Waals surface area contributed by atoms with Crippen LogP contribution in [0.5, 0.6) is 11.6 Å². The fourth-order valence-electron chi connectivity index (χ4n) is 5.93. The lowest BCUT2D eigenvalue weighted by molar-refractivity contribution is -0.141. The van der Waals surface area contributed by atoms with Gasteiger partial charge in [-0.25, -0.2) is 15.0 Å². The van der Waals surface area contributed by atoms with Gasteiger partial charge in [0.05, 0.1) is 23.6 Å². The smallest absolute Gasteiger partial charge is 0.433 e. The molecular weight excluding hydrogens is 587 g/mol. The number of amides is 1. The van der Waals surface area contributed by atoms with Crippen LogP contribution in [0.25, 0.3) is 11.3 Å². The molecule has 3 aromatic heterocycles. The Balaban J connectivity index is 1.42. The SMILES string of the molecule is CCOc1ncccc1-c1ccc(N2CC[C@@H](Oc3ccc(C(F)(F)F)nc3C#N)C[C@H]2CC)c(C(=O)N[C@@H]2CCN(C)C2)n1. The number of pyridine rings is 3. The molecule has 0 aliphatic carbocycles. The lowest BCUT2D eigenvalue weighted by atomic mass is 9.95. The average Bonchev–Trinajstić information content (AvgIpc) is 3.44. The molecule has 13 heteroatoms. The number of anilines is 1. The Bertz CT molecular complexity index is 1560. The molecule has 1 amide bonds. The maximum atomic E-state index is 13.8. The topological polar surface area (TPSA) is 116 Å². The third kappa shape index (κ3) is 7.28. The molecule has 5 heterocycles. The molecule has 10 nitrogen and oxygen atoms in total. The lowest BCUT2D eigenvalue weighted by Crippen LogP contribution is -2.47. The summed E-state index contributed by atoms with van der Waals surface area (Å²) < 4.78 is 51.2. The highest BCUT2D eigenvalue weighted by Crippen LogP contribution is 2.35. The molecule has 1 N–H and O–H groups in total. The van der Waals surface area contributed by atoms with Crippen molar-refractivity contribution in [1.29, 1.82) is 5.26 Å². The number of nitrogens with zero attached hydrogens (tertiary/aromatic N) is 6. The third-order valence-corrected chi connectivity index (χ3v) is 8.14. The number of rotatable bonds is 9. The van der Waals surface area contributed by atoms with E-state index in [1.807, 2.05) is 39.1 Å². The number of likely N-dealkylation sites (N-methyl/N-ethyl adjacent to an activating group) is 1. The first-order valence-corrected chi connectivity index (χ1v) is 15.1. The van der Waals surface area contributed by atoms with Crippen molar-refractivity contribution in [3.05, 3.63) is 59.7 Å². The monoisotopic (exact) mass is 623 g/mol. The van der Waals surface area contributed by atoms with Crippen LogP contribution in [0.1, 0.15) is 61.4 Å².